The van der Waals surface area contributed by atoms with E-state index in [1.807, 2.05) is 0 Å². The molecule has 0 aliphatic carbocycles. The Morgan fingerprint density at radius 1 is 1.25 bits per heavy atom. The van der Waals surface area contributed by atoms with Crippen molar-refractivity contribution in [3.8, 4) is 5.75 Å². The molecule has 1 amide bonds. The van der Waals surface area contributed by atoms with Gasteiger partial charge in [-0.1, -0.05) is 6.92 Å². The Bertz CT molecular complexity index is 839. The second-order valence-electron chi connectivity index (χ2n) is 5.59. The van der Waals surface area contributed by atoms with Crippen LogP contribution in [0.25, 0.3) is 0 Å². The second-order valence-corrected chi connectivity index (χ2v) is 5.59. The van der Waals surface area contributed by atoms with Crippen LogP contribution in [0.15, 0.2) is 36.5 Å². The molecule has 0 aliphatic rings. The number of benzene rings is 1. The van der Waals surface area contributed by atoms with E-state index in [1.54, 1.807) is 6.92 Å². The van der Waals surface area contributed by atoms with Gasteiger partial charge in [-0.2, -0.15) is 0 Å². The van der Waals surface area contributed by atoms with Crippen LogP contribution in [0.2, 0.25) is 0 Å². The van der Waals surface area contributed by atoms with E-state index in [1.165, 1.54) is 24.4 Å². The number of nitrogens with one attached hydrogen (secondary N) is 3. The van der Waals surface area contributed by atoms with Gasteiger partial charge in [0, 0.05) is 24.1 Å². The van der Waals surface area contributed by atoms with Crippen molar-refractivity contribution in [3.63, 3.8) is 0 Å². The number of amides is 1. The van der Waals surface area contributed by atoms with Gasteiger partial charge in [0.25, 0.3) is 5.91 Å². The van der Waals surface area contributed by atoms with E-state index < -0.39 is 12.3 Å². The minimum atomic E-state index is -4.78. The summed E-state index contributed by atoms with van der Waals surface area (Å²) in [4.78, 5) is 16.5. The molecule has 0 unspecified atom stereocenters. The highest BCUT2D eigenvalue weighted by Crippen LogP contribution is 2.27. The van der Waals surface area contributed by atoms with Gasteiger partial charge >= 0.3 is 6.36 Å². The van der Waals surface area contributed by atoms with Crippen LogP contribution in [0, 0.1) is 5.41 Å². The van der Waals surface area contributed by atoms with Crippen LogP contribution in [0.4, 0.5) is 24.7 Å². The van der Waals surface area contributed by atoms with Gasteiger partial charge in [-0.05, 0) is 36.8 Å². The van der Waals surface area contributed by atoms with Gasteiger partial charge in [-0.25, -0.2) is 4.98 Å². The first kappa shape index (κ1) is 21.2. The van der Waals surface area contributed by atoms with E-state index in [2.05, 4.69) is 20.4 Å². The van der Waals surface area contributed by atoms with Gasteiger partial charge in [-0.15, -0.1) is 13.2 Å². The van der Waals surface area contributed by atoms with Crippen molar-refractivity contribution in [3.05, 3.63) is 47.7 Å². The summed E-state index contributed by atoms with van der Waals surface area (Å²) in [5.41, 5.74) is 1.03. The average Bonchev–Trinajstić information content (AvgIpc) is 2.65. The number of ether oxygens (including phenoxy) is 1. The summed E-state index contributed by atoms with van der Waals surface area (Å²) in [7, 11) is 0. The Labute approximate surface area is 159 Å². The van der Waals surface area contributed by atoms with Gasteiger partial charge < -0.3 is 25.9 Å². The number of rotatable bonds is 8. The van der Waals surface area contributed by atoms with Crippen molar-refractivity contribution in [2.45, 2.75) is 19.7 Å². The van der Waals surface area contributed by atoms with Crippen molar-refractivity contribution >= 4 is 23.1 Å². The lowest BCUT2D eigenvalue weighted by Gasteiger charge is -2.16. The van der Waals surface area contributed by atoms with Crippen LogP contribution in [-0.4, -0.2) is 41.2 Å². The summed E-state index contributed by atoms with van der Waals surface area (Å²) in [6.45, 7) is 1.58. The zero-order chi connectivity index (χ0) is 20.7. The number of alkyl halides is 3. The molecule has 1 aromatic heterocycles. The number of halogens is 3. The third-order valence-corrected chi connectivity index (χ3v) is 3.60. The molecule has 0 bridgehead atoms. The number of carbonyl (C=O) groups is 1. The molecule has 10 heteroatoms. The average molecular weight is 396 g/mol. The Kier molecular flexibility index (Phi) is 6.94. The molecule has 0 fully saturated rings. The zero-order valence-electron chi connectivity index (χ0n) is 14.9. The first-order chi connectivity index (χ1) is 13.2. The standard InChI is InChI=1S/C18H19F3N4O3/c1-2-14(22)15-13(17(27)24-9-10-26)7-8-23-16(15)25-11-3-5-12(6-4-11)28-18(19,20)21/h3-8,22,26H,2,9-10H2,1H3,(H,23,25)(H,24,27). The summed E-state index contributed by atoms with van der Waals surface area (Å²) in [5, 5.41) is 22.5. The molecule has 0 saturated heterocycles. The second kappa shape index (κ2) is 9.18. The fraction of sp³-hybridized carbons (Fsp3) is 0.278. The van der Waals surface area contributed by atoms with Crippen molar-refractivity contribution in [1.29, 1.82) is 5.41 Å². The zero-order valence-corrected chi connectivity index (χ0v) is 14.9. The Morgan fingerprint density at radius 2 is 1.93 bits per heavy atom. The summed E-state index contributed by atoms with van der Waals surface area (Å²) in [6.07, 6.45) is -3.07. The first-order valence-electron chi connectivity index (χ1n) is 8.33. The minimum absolute atomic E-state index is 0.0590. The lowest BCUT2D eigenvalue weighted by Crippen LogP contribution is -2.28. The van der Waals surface area contributed by atoms with E-state index in [4.69, 9.17) is 10.5 Å². The number of aliphatic hydroxyl groups is 1. The van der Waals surface area contributed by atoms with Gasteiger partial charge in [-0.3, -0.25) is 4.79 Å². The number of carbonyl (C=O) groups excluding carboxylic acids is 1. The molecular weight excluding hydrogens is 377 g/mol. The number of aromatic nitrogens is 1. The molecule has 0 atom stereocenters. The van der Waals surface area contributed by atoms with Crippen LogP contribution in [-0.2, 0) is 0 Å². The molecule has 7 nitrogen and oxygen atoms in total. The lowest BCUT2D eigenvalue weighted by molar-refractivity contribution is -0.274. The fourth-order valence-electron chi connectivity index (χ4n) is 2.37. The fourth-order valence-corrected chi connectivity index (χ4v) is 2.37. The van der Waals surface area contributed by atoms with Crippen LogP contribution < -0.4 is 15.4 Å². The molecule has 1 aromatic carbocycles. The third kappa shape index (κ3) is 5.68. The smallest absolute Gasteiger partial charge is 0.406 e. The molecule has 0 radical (unpaired) electrons. The van der Waals surface area contributed by atoms with E-state index in [9.17, 15) is 18.0 Å². The van der Waals surface area contributed by atoms with Crippen LogP contribution in [0.1, 0.15) is 29.3 Å². The summed E-state index contributed by atoms with van der Waals surface area (Å²) in [5.74, 6) is -0.626. The monoisotopic (exact) mass is 396 g/mol. The Hall–Kier alpha value is -3.14. The molecule has 0 spiro atoms. The SMILES string of the molecule is CCC(=N)c1c(C(=O)NCCO)ccnc1Nc1ccc(OC(F)(F)F)cc1. The molecule has 2 aromatic rings. The Balaban J connectivity index is 2.32. The van der Waals surface area contributed by atoms with Gasteiger partial charge in [0.15, 0.2) is 0 Å². The normalized spacial score (nSPS) is 11.0. The summed E-state index contributed by atoms with van der Waals surface area (Å²) in [6, 6.07) is 6.45. The number of nitrogens with zero attached hydrogens (tertiary/aromatic N) is 1. The maximum Gasteiger partial charge on any atom is 0.573 e. The quantitative estimate of drug-likeness (QED) is 0.513. The van der Waals surface area contributed by atoms with Gasteiger partial charge in [0.1, 0.15) is 11.6 Å². The third-order valence-electron chi connectivity index (χ3n) is 3.60. The molecule has 4 N–H and O–H groups in total. The minimum Gasteiger partial charge on any atom is -0.406 e. The van der Waals surface area contributed by atoms with Crippen molar-refractivity contribution in [1.82, 2.24) is 10.3 Å². The van der Waals surface area contributed by atoms with Gasteiger partial charge in [0.05, 0.1) is 17.7 Å². The highest BCUT2D eigenvalue weighted by atomic mass is 19.4. The van der Waals surface area contributed by atoms with E-state index in [0.29, 0.717) is 12.1 Å². The number of pyridine rings is 1. The lowest BCUT2D eigenvalue weighted by atomic mass is 10.0. The first-order valence-corrected chi connectivity index (χ1v) is 8.33. The summed E-state index contributed by atoms with van der Waals surface area (Å²) < 4.78 is 40.6. The van der Waals surface area contributed by atoms with Gasteiger partial charge in [0.2, 0.25) is 0 Å². The highest BCUT2D eigenvalue weighted by Gasteiger charge is 2.31. The Morgan fingerprint density at radius 3 is 2.50 bits per heavy atom. The number of hydrogen-bond acceptors (Lipinski definition) is 6. The van der Waals surface area contributed by atoms with E-state index >= 15 is 0 Å². The summed E-state index contributed by atoms with van der Waals surface area (Å²) >= 11 is 0. The van der Waals surface area contributed by atoms with E-state index in [-0.39, 0.29) is 41.6 Å². The van der Waals surface area contributed by atoms with Crippen molar-refractivity contribution < 1.29 is 27.8 Å². The largest absolute Gasteiger partial charge is 0.573 e. The molecular formula is C18H19F3N4O3. The highest BCUT2D eigenvalue weighted by molar-refractivity contribution is 6.12. The molecule has 1 heterocycles. The van der Waals surface area contributed by atoms with Crippen molar-refractivity contribution in [2.24, 2.45) is 0 Å². The maximum absolute atomic E-state index is 12.3. The predicted molar refractivity (Wildman–Crippen MR) is 97.2 cm³/mol. The van der Waals surface area contributed by atoms with Crippen LogP contribution in [0.3, 0.4) is 0 Å². The molecule has 2 rings (SSSR count). The number of aliphatic hydroxyl groups excluding tert-OH is 1. The molecule has 0 aliphatic heterocycles. The molecule has 150 valence electrons. The number of anilines is 2. The number of hydrogen-bond donors (Lipinski definition) is 4. The topological polar surface area (TPSA) is 107 Å². The maximum atomic E-state index is 12.3. The molecule has 28 heavy (non-hydrogen) atoms. The van der Waals surface area contributed by atoms with Crippen LogP contribution >= 0.6 is 0 Å². The van der Waals surface area contributed by atoms with Crippen molar-refractivity contribution in [2.75, 3.05) is 18.5 Å². The predicted octanol–water partition coefficient (Wildman–Crippen LogP) is 3.22. The van der Waals surface area contributed by atoms with E-state index in [0.717, 1.165) is 12.1 Å². The van der Waals surface area contributed by atoms with Crippen LogP contribution in [0.5, 0.6) is 5.75 Å². The molecule has 0 saturated carbocycles.